The Kier molecular flexibility index (Phi) is 5.01. The summed E-state index contributed by atoms with van der Waals surface area (Å²) in [4.78, 5) is 36.9. The molecule has 0 unspecified atom stereocenters. The number of pyridine rings is 1. The monoisotopic (exact) mass is 388 g/mol. The fourth-order valence-corrected chi connectivity index (χ4v) is 2.39. The van der Waals surface area contributed by atoms with Gasteiger partial charge in [-0.1, -0.05) is 0 Å². The van der Waals surface area contributed by atoms with Gasteiger partial charge in [-0.2, -0.15) is 0 Å². The third-order valence-electron chi connectivity index (χ3n) is 3.35. The molecule has 0 spiro atoms. The third-order valence-corrected chi connectivity index (χ3v) is 3.35. The van der Waals surface area contributed by atoms with Crippen molar-refractivity contribution in [3.63, 3.8) is 0 Å². The van der Waals surface area contributed by atoms with Crippen LogP contribution in [0.2, 0.25) is 0 Å². The molecule has 0 aliphatic heterocycles. The number of halogens is 3. The summed E-state index contributed by atoms with van der Waals surface area (Å²) in [6.07, 6.45) is -5.00. The first-order chi connectivity index (χ1) is 12.5. The van der Waals surface area contributed by atoms with E-state index in [4.69, 9.17) is 10.5 Å². The molecule has 2 aromatic rings. The Hall–Kier alpha value is -3.70. The van der Waals surface area contributed by atoms with Gasteiger partial charge < -0.3 is 30.4 Å². The Morgan fingerprint density at radius 2 is 1.74 bits per heavy atom. The first kappa shape index (κ1) is 19.6. The lowest BCUT2D eigenvalue weighted by Crippen LogP contribution is -2.24. The molecule has 0 saturated heterocycles. The average Bonchev–Trinajstić information content (AvgIpc) is 2.51. The van der Waals surface area contributed by atoms with E-state index in [0.29, 0.717) is 0 Å². The van der Waals surface area contributed by atoms with E-state index in [1.807, 2.05) is 4.98 Å². The number of hydrogen-bond acceptors (Lipinski definition) is 6. The van der Waals surface area contributed by atoms with Gasteiger partial charge in [-0.15, -0.1) is 13.2 Å². The highest BCUT2D eigenvalue weighted by Crippen LogP contribution is 2.38. The molecule has 2 rings (SSSR count). The number of rotatable bonds is 5. The van der Waals surface area contributed by atoms with Crippen molar-refractivity contribution in [2.75, 3.05) is 12.8 Å². The SMILES string of the molecule is COc1cc(OC(F)(F)F)ccc1-c1c(C(=O)O)c(N)[nH]c(=O)c1C(=O)O. The van der Waals surface area contributed by atoms with Gasteiger partial charge in [0.25, 0.3) is 5.56 Å². The van der Waals surface area contributed by atoms with Crippen molar-refractivity contribution in [1.82, 2.24) is 4.98 Å². The second kappa shape index (κ2) is 6.90. The van der Waals surface area contributed by atoms with Crippen LogP contribution in [0.1, 0.15) is 20.7 Å². The third kappa shape index (κ3) is 3.94. The zero-order valence-electron chi connectivity index (χ0n) is 13.4. The number of alkyl halides is 3. The van der Waals surface area contributed by atoms with Crippen LogP contribution < -0.4 is 20.8 Å². The molecular formula is C15H11F3N2O7. The Morgan fingerprint density at radius 3 is 2.22 bits per heavy atom. The predicted octanol–water partition coefficient (Wildman–Crippen LogP) is 1.93. The predicted molar refractivity (Wildman–Crippen MR) is 84.1 cm³/mol. The molecule has 144 valence electrons. The number of ether oxygens (including phenoxy) is 2. The molecular weight excluding hydrogens is 377 g/mol. The number of carbonyl (C=O) groups is 2. The van der Waals surface area contributed by atoms with Crippen molar-refractivity contribution in [2.24, 2.45) is 0 Å². The van der Waals surface area contributed by atoms with E-state index >= 15 is 0 Å². The maximum absolute atomic E-state index is 12.4. The first-order valence-electron chi connectivity index (χ1n) is 6.92. The summed E-state index contributed by atoms with van der Waals surface area (Å²) in [5.41, 5.74) is 1.67. The van der Waals surface area contributed by atoms with Gasteiger partial charge in [0.2, 0.25) is 0 Å². The Morgan fingerprint density at radius 1 is 1.15 bits per heavy atom. The Bertz CT molecular complexity index is 983. The number of aromatic amines is 1. The van der Waals surface area contributed by atoms with E-state index in [9.17, 15) is 37.8 Å². The highest BCUT2D eigenvalue weighted by atomic mass is 19.4. The summed E-state index contributed by atoms with van der Waals surface area (Å²) in [5.74, 6) is -5.14. The lowest BCUT2D eigenvalue weighted by molar-refractivity contribution is -0.274. The van der Waals surface area contributed by atoms with Gasteiger partial charge in [0.15, 0.2) is 0 Å². The zero-order valence-corrected chi connectivity index (χ0v) is 13.4. The highest BCUT2D eigenvalue weighted by Gasteiger charge is 2.32. The van der Waals surface area contributed by atoms with Crippen LogP contribution in [0.5, 0.6) is 11.5 Å². The molecule has 0 amide bonds. The molecule has 9 nitrogen and oxygen atoms in total. The van der Waals surface area contributed by atoms with Gasteiger partial charge in [0.1, 0.15) is 28.4 Å². The normalized spacial score (nSPS) is 11.1. The standard InChI is InChI=1S/C15H11F3N2O7/c1-26-7-4-5(27-15(16,17)18)2-3-6(7)8-9(13(22)23)11(19)20-12(21)10(8)14(24)25/h2-4H,1H3,(H,22,23)(H,24,25)(H3,19,20,21). The quantitative estimate of drug-likeness (QED) is 0.606. The van der Waals surface area contributed by atoms with E-state index in [1.165, 1.54) is 0 Å². The van der Waals surface area contributed by atoms with E-state index < -0.39 is 52.1 Å². The molecule has 1 heterocycles. The molecule has 0 saturated carbocycles. The van der Waals surface area contributed by atoms with Crippen LogP contribution in [0.3, 0.4) is 0 Å². The van der Waals surface area contributed by atoms with Crippen LogP contribution in [-0.4, -0.2) is 40.6 Å². The molecule has 0 atom stereocenters. The number of H-pyrrole nitrogens is 1. The van der Waals surface area contributed by atoms with Gasteiger partial charge in [-0.3, -0.25) is 4.79 Å². The summed E-state index contributed by atoms with van der Waals surface area (Å²) in [6.45, 7) is 0. The summed E-state index contributed by atoms with van der Waals surface area (Å²) in [5, 5.41) is 18.7. The molecule has 0 fully saturated rings. The largest absolute Gasteiger partial charge is 0.573 e. The maximum atomic E-state index is 12.4. The minimum atomic E-state index is -5.00. The van der Waals surface area contributed by atoms with Crippen LogP contribution in [0.25, 0.3) is 11.1 Å². The Balaban J connectivity index is 2.86. The number of aromatic carboxylic acids is 2. The second-order valence-electron chi connectivity index (χ2n) is 5.01. The molecule has 1 aromatic heterocycles. The summed E-state index contributed by atoms with van der Waals surface area (Å²) in [7, 11) is 1.05. The summed E-state index contributed by atoms with van der Waals surface area (Å²) >= 11 is 0. The smallest absolute Gasteiger partial charge is 0.496 e. The molecule has 0 radical (unpaired) electrons. The van der Waals surface area contributed by atoms with Crippen LogP contribution in [0.15, 0.2) is 23.0 Å². The minimum absolute atomic E-state index is 0.278. The number of aromatic nitrogens is 1. The molecule has 5 N–H and O–H groups in total. The molecule has 12 heteroatoms. The van der Waals surface area contributed by atoms with Crippen LogP contribution in [0, 0.1) is 0 Å². The summed E-state index contributed by atoms with van der Waals surface area (Å²) < 4.78 is 45.7. The Labute approximate surface area is 147 Å². The lowest BCUT2D eigenvalue weighted by Gasteiger charge is -2.16. The van der Waals surface area contributed by atoms with Gasteiger partial charge in [0, 0.05) is 17.2 Å². The van der Waals surface area contributed by atoms with E-state index in [-0.39, 0.29) is 11.3 Å². The van der Waals surface area contributed by atoms with Gasteiger partial charge in [0.05, 0.1) is 7.11 Å². The molecule has 0 aliphatic rings. The molecule has 27 heavy (non-hydrogen) atoms. The number of anilines is 1. The van der Waals surface area contributed by atoms with Gasteiger partial charge >= 0.3 is 18.3 Å². The number of nitrogens with two attached hydrogens (primary N) is 1. The van der Waals surface area contributed by atoms with E-state index in [1.54, 1.807) is 0 Å². The number of methoxy groups -OCH3 is 1. The second-order valence-corrected chi connectivity index (χ2v) is 5.01. The average molecular weight is 388 g/mol. The molecule has 1 aromatic carbocycles. The number of hydrogen-bond donors (Lipinski definition) is 4. The highest BCUT2D eigenvalue weighted by molar-refractivity contribution is 6.08. The van der Waals surface area contributed by atoms with Gasteiger partial charge in [-0.05, 0) is 12.1 Å². The van der Waals surface area contributed by atoms with Crippen molar-refractivity contribution < 1.29 is 42.4 Å². The van der Waals surface area contributed by atoms with Gasteiger partial charge in [-0.25, -0.2) is 9.59 Å². The van der Waals surface area contributed by atoms with Crippen LogP contribution >= 0.6 is 0 Å². The lowest BCUT2D eigenvalue weighted by atomic mass is 9.94. The molecule has 0 aliphatic carbocycles. The van der Waals surface area contributed by atoms with Crippen LogP contribution in [-0.2, 0) is 0 Å². The van der Waals surface area contributed by atoms with Crippen molar-refractivity contribution in [2.45, 2.75) is 6.36 Å². The number of carboxylic acid groups (broad SMARTS) is 2. The minimum Gasteiger partial charge on any atom is -0.496 e. The van der Waals surface area contributed by atoms with E-state index in [2.05, 4.69) is 4.74 Å². The topological polar surface area (TPSA) is 152 Å². The fourth-order valence-electron chi connectivity index (χ4n) is 2.39. The summed E-state index contributed by atoms with van der Waals surface area (Å²) in [6, 6.07) is 2.49. The molecule has 0 bridgehead atoms. The van der Waals surface area contributed by atoms with Crippen LogP contribution in [0.4, 0.5) is 19.0 Å². The number of nitrogen functional groups attached to an aromatic ring is 1. The van der Waals surface area contributed by atoms with Crippen molar-refractivity contribution in [3.8, 4) is 22.6 Å². The maximum Gasteiger partial charge on any atom is 0.573 e. The number of carboxylic acids is 2. The van der Waals surface area contributed by atoms with Crippen molar-refractivity contribution in [1.29, 1.82) is 0 Å². The van der Waals surface area contributed by atoms with Crippen molar-refractivity contribution >= 4 is 17.8 Å². The first-order valence-corrected chi connectivity index (χ1v) is 6.92. The van der Waals surface area contributed by atoms with E-state index in [0.717, 1.165) is 25.3 Å². The zero-order chi connectivity index (χ0) is 20.5. The fraction of sp³-hybridized carbons (Fsp3) is 0.133. The number of benzene rings is 1. The number of nitrogens with one attached hydrogen (secondary N) is 1. The van der Waals surface area contributed by atoms with Crippen molar-refractivity contribution in [3.05, 3.63) is 39.7 Å².